The summed E-state index contributed by atoms with van der Waals surface area (Å²) < 4.78 is 14.7. The van der Waals surface area contributed by atoms with Crippen LogP contribution in [0.2, 0.25) is 0 Å². The number of nitrogen functional groups attached to an aromatic ring is 1. The lowest BCUT2D eigenvalue weighted by molar-refractivity contribution is -0.564. The number of carbonyl (C=O) groups is 1. The molecule has 1 aromatic carbocycles. The average molecular weight is 509 g/mol. The molecule has 2 aliphatic rings. The normalized spacial score (nSPS) is 16.9. The Morgan fingerprint density at radius 1 is 1.08 bits per heavy atom. The molecule has 0 spiro atoms. The standard InChI is InChI=1S/C27H38N7O3/c1-27(2,3)20-16-19(17-21(25(20)36-4)31-12-14-37-15-13-31)22(35)18-33-24-9-8-23(29-34(24)26(28)30-33)32-10-6-5-7-11-32/h8-9,16-17H,5-7,10-15,18H2,1-4H3,(H2,28,30)/q+1. The minimum atomic E-state index is -0.212. The first-order valence-corrected chi connectivity index (χ1v) is 13.1. The van der Waals surface area contributed by atoms with E-state index in [4.69, 9.17) is 20.3 Å². The summed E-state index contributed by atoms with van der Waals surface area (Å²) in [6.45, 7) is 11.2. The summed E-state index contributed by atoms with van der Waals surface area (Å²) in [5, 5.41) is 9.19. The van der Waals surface area contributed by atoms with Crippen LogP contribution in [0.25, 0.3) is 5.65 Å². The molecule has 10 heteroatoms. The van der Waals surface area contributed by atoms with Crippen LogP contribution in [0, 0.1) is 0 Å². The molecule has 0 bridgehead atoms. The molecule has 2 N–H and O–H groups in total. The number of aromatic nitrogens is 4. The third-order valence-electron chi connectivity index (χ3n) is 7.23. The van der Waals surface area contributed by atoms with E-state index in [1.165, 1.54) is 19.3 Å². The number of carbonyl (C=O) groups excluding carboxylic acids is 1. The van der Waals surface area contributed by atoms with E-state index in [1.54, 1.807) is 16.3 Å². The maximum Gasteiger partial charge on any atom is 0.399 e. The lowest BCUT2D eigenvalue weighted by Gasteiger charge is -2.33. The Balaban J connectivity index is 1.48. The monoisotopic (exact) mass is 508 g/mol. The molecule has 0 unspecified atom stereocenters. The van der Waals surface area contributed by atoms with Crippen LogP contribution < -0.4 is 24.8 Å². The van der Waals surface area contributed by atoms with Gasteiger partial charge in [-0.05, 0) is 42.9 Å². The fourth-order valence-corrected chi connectivity index (χ4v) is 5.21. The first kappa shape index (κ1) is 25.3. The molecular formula is C27H38N7O3+. The molecule has 4 heterocycles. The van der Waals surface area contributed by atoms with Crippen LogP contribution in [0.1, 0.15) is 56.0 Å². The van der Waals surface area contributed by atoms with Gasteiger partial charge >= 0.3 is 5.95 Å². The summed E-state index contributed by atoms with van der Waals surface area (Å²) in [4.78, 5) is 18.2. The van der Waals surface area contributed by atoms with Crippen molar-refractivity contribution in [3.63, 3.8) is 0 Å². The number of methoxy groups -OCH3 is 1. The van der Waals surface area contributed by atoms with Crippen molar-refractivity contribution >= 4 is 28.9 Å². The van der Waals surface area contributed by atoms with Crippen LogP contribution >= 0.6 is 0 Å². The van der Waals surface area contributed by atoms with Crippen LogP contribution in [-0.4, -0.2) is 67.2 Å². The zero-order chi connectivity index (χ0) is 26.2. The van der Waals surface area contributed by atoms with Gasteiger partial charge in [0.2, 0.25) is 0 Å². The number of nitrogens with zero attached hydrogens (tertiary/aromatic N) is 6. The fourth-order valence-electron chi connectivity index (χ4n) is 5.21. The number of hydrogen-bond donors (Lipinski definition) is 1. The van der Waals surface area contributed by atoms with Gasteiger partial charge in [0, 0.05) is 48.5 Å². The van der Waals surface area contributed by atoms with E-state index < -0.39 is 0 Å². The number of ketones is 1. The van der Waals surface area contributed by atoms with E-state index in [1.807, 2.05) is 24.3 Å². The lowest BCUT2D eigenvalue weighted by Crippen LogP contribution is -2.37. The Hall–Kier alpha value is -3.40. The van der Waals surface area contributed by atoms with Gasteiger partial charge in [-0.3, -0.25) is 4.79 Å². The zero-order valence-corrected chi connectivity index (χ0v) is 22.4. The molecule has 5 rings (SSSR count). The number of anilines is 3. The number of nitrogens with two attached hydrogens (primary N) is 1. The minimum Gasteiger partial charge on any atom is -0.494 e. The summed E-state index contributed by atoms with van der Waals surface area (Å²) in [5.41, 5.74) is 9.25. The molecule has 2 aromatic heterocycles. The smallest absolute Gasteiger partial charge is 0.399 e. The topological polar surface area (TPSA) is 103 Å². The van der Waals surface area contributed by atoms with E-state index in [0.717, 1.165) is 49.0 Å². The Kier molecular flexibility index (Phi) is 6.94. The minimum absolute atomic E-state index is 0.0484. The number of piperidine rings is 1. The van der Waals surface area contributed by atoms with Crippen molar-refractivity contribution in [2.24, 2.45) is 0 Å². The van der Waals surface area contributed by atoms with Gasteiger partial charge in [-0.15, -0.1) is 4.68 Å². The maximum atomic E-state index is 13.7. The summed E-state index contributed by atoms with van der Waals surface area (Å²) in [7, 11) is 1.69. The number of fused-ring (bicyclic) bond motifs is 1. The van der Waals surface area contributed by atoms with Gasteiger partial charge in [0.15, 0.2) is 18.1 Å². The second-order valence-corrected chi connectivity index (χ2v) is 10.9. The first-order valence-electron chi connectivity index (χ1n) is 13.1. The molecule has 0 aliphatic carbocycles. The predicted octanol–water partition coefficient (Wildman–Crippen LogP) is 2.61. The molecule has 3 aromatic rings. The van der Waals surface area contributed by atoms with Crippen molar-refractivity contribution in [1.29, 1.82) is 0 Å². The Labute approximate surface area is 217 Å². The summed E-state index contributed by atoms with van der Waals surface area (Å²) in [6.07, 6.45) is 3.58. The van der Waals surface area contributed by atoms with Crippen molar-refractivity contribution in [3.05, 3.63) is 35.4 Å². The van der Waals surface area contributed by atoms with Gasteiger partial charge in [-0.1, -0.05) is 30.4 Å². The van der Waals surface area contributed by atoms with Crippen molar-refractivity contribution in [2.45, 2.75) is 52.0 Å². The highest BCUT2D eigenvalue weighted by atomic mass is 16.5. The zero-order valence-electron chi connectivity index (χ0n) is 22.4. The Bertz CT molecular complexity index is 1290. The molecular weight excluding hydrogens is 470 g/mol. The van der Waals surface area contributed by atoms with Gasteiger partial charge < -0.3 is 25.0 Å². The van der Waals surface area contributed by atoms with Gasteiger partial charge in [-0.25, -0.2) is 0 Å². The molecule has 37 heavy (non-hydrogen) atoms. The third-order valence-corrected chi connectivity index (χ3v) is 7.23. The lowest BCUT2D eigenvalue weighted by atomic mass is 9.84. The second-order valence-electron chi connectivity index (χ2n) is 10.9. The van der Waals surface area contributed by atoms with E-state index in [2.05, 4.69) is 35.7 Å². The van der Waals surface area contributed by atoms with Gasteiger partial charge in [0.1, 0.15) is 5.75 Å². The van der Waals surface area contributed by atoms with Crippen molar-refractivity contribution < 1.29 is 18.8 Å². The van der Waals surface area contributed by atoms with E-state index >= 15 is 0 Å². The molecule has 10 nitrogen and oxygen atoms in total. The van der Waals surface area contributed by atoms with Gasteiger partial charge in [0.05, 0.1) is 26.0 Å². The molecule has 2 saturated heterocycles. The van der Waals surface area contributed by atoms with E-state index in [0.29, 0.717) is 24.4 Å². The number of morpholine rings is 1. The SMILES string of the molecule is COc1c(N2CCOCC2)cc(C(=O)Cn2nc(N)[n+]3nc(N4CCCCC4)ccc23)cc1C(C)(C)C. The van der Waals surface area contributed by atoms with Crippen LogP contribution in [-0.2, 0) is 16.7 Å². The number of rotatable bonds is 6. The molecule has 0 radical (unpaired) electrons. The van der Waals surface area contributed by atoms with Crippen LogP contribution in [0.3, 0.4) is 0 Å². The van der Waals surface area contributed by atoms with Gasteiger partial charge in [0.25, 0.3) is 5.65 Å². The molecule has 2 aliphatic heterocycles. The third kappa shape index (κ3) is 5.07. The van der Waals surface area contributed by atoms with Crippen LogP contribution in [0.15, 0.2) is 24.3 Å². The largest absolute Gasteiger partial charge is 0.494 e. The molecule has 198 valence electrons. The fraction of sp³-hybridized carbons (Fsp3) is 0.556. The number of benzene rings is 1. The summed E-state index contributed by atoms with van der Waals surface area (Å²) in [5.74, 6) is 1.91. The second kappa shape index (κ2) is 10.2. The van der Waals surface area contributed by atoms with Gasteiger partial charge in [-0.2, -0.15) is 0 Å². The average Bonchev–Trinajstić information content (AvgIpc) is 3.22. The molecule has 0 amide bonds. The quantitative estimate of drug-likeness (QED) is 0.400. The highest BCUT2D eigenvalue weighted by molar-refractivity contribution is 5.98. The number of ether oxygens (including phenoxy) is 2. The maximum absolute atomic E-state index is 13.7. The highest BCUT2D eigenvalue weighted by Crippen LogP contribution is 2.40. The molecule has 2 fully saturated rings. The van der Waals surface area contributed by atoms with Crippen molar-refractivity contribution in [3.8, 4) is 5.75 Å². The number of Topliss-reactive ketones (excluding diaryl/α,β-unsaturated/α-hetero) is 1. The van der Waals surface area contributed by atoms with Crippen LogP contribution in [0.5, 0.6) is 5.75 Å². The van der Waals surface area contributed by atoms with E-state index in [-0.39, 0.29) is 23.7 Å². The Morgan fingerprint density at radius 3 is 2.49 bits per heavy atom. The number of hydrogen-bond acceptors (Lipinski definition) is 8. The molecule has 0 atom stereocenters. The van der Waals surface area contributed by atoms with Crippen molar-refractivity contribution in [1.82, 2.24) is 14.9 Å². The Morgan fingerprint density at radius 2 is 1.81 bits per heavy atom. The highest BCUT2D eigenvalue weighted by Gasteiger charge is 2.28. The van der Waals surface area contributed by atoms with Crippen LogP contribution in [0.4, 0.5) is 17.5 Å². The van der Waals surface area contributed by atoms with Crippen molar-refractivity contribution in [2.75, 3.05) is 62.0 Å². The van der Waals surface area contributed by atoms with E-state index in [9.17, 15) is 4.79 Å². The predicted molar refractivity (Wildman–Crippen MR) is 143 cm³/mol. The summed E-state index contributed by atoms with van der Waals surface area (Å²) in [6, 6.07) is 7.84. The summed E-state index contributed by atoms with van der Waals surface area (Å²) >= 11 is 0. The first-order chi connectivity index (χ1) is 17.8. The molecule has 0 saturated carbocycles.